The van der Waals surface area contributed by atoms with Crippen molar-refractivity contribution in [1.82, 2.24) is 9.63 Å². The maximum Gasteiger partial charge on any atom is 0.415 e. The highest BCUT2D eigenvalue weighted by molar-refractivity contribution is 5.88. The van der Waals surface area contributed by atoms with Crippen LogP contribution in [0.1, 0.15) is 25.7 Å². The Morgan fingerprint density at radius 1 is 1.17 bits per heavy atom. The first kappa shape index (κ1) is 17.5. The van der Waals surface area contributed by atoms with E-state index in [2.05, 4.69) is 0 Å². The van der Waals surface area contributed by atoms with Gasteiger partial charge in [0.25, 0.3) is 0 Å². The van der Waals surface area contributed by atoms with Crippen LogP contribution in [0.3, 0.4) is 0 Å². The summed E-state index contributed by atoms with van der Waals surface area (Å²) < 4.78 is 1.20. The number of nitrogens with zero attached hydrogens (tertiary/aromatic N) is 2. The third-order valence-corrected chi connectivity index (χ3v) is 4.17. The van der Waals surface area contributed by atoms with Gasteiger partial charge in [0, 0.05) is 31.3 Å². The van der Waals surface area contributed by atoms with Crippen molar-refractivity contribution in [1.29, 1.82) is 0 Å². The van der Waals surface area contributed by atoms with Gasteiger partial charge in [-0.15, -0.1) is 0 Å². The molecule has 0 spiro atoms. The Balaban J connectivity index is 0.000000168. The minimum absolute atomic E-state index is 0.305. The van der Waals surface area contributed by atoms with Crippen LogP contribution in [0.15, 0.2) is 36.5 Å². The molecule has 1 aliphatic rings. The van der Waals surface area contributed by atoms with Crippen molar-refractivity contribution < 1.29 is 20.2 Å². The Morgan fingerprint density at radius 2 is 1.87 bits per heavy atom. The first-order chi connectivity index (χ1) is 11.1. The minimum Gasteiger partial charge on any atom is -0.464 e. The van der Waals surface area contributed by atoms with Crippen LogP contribution in [0.5, 0.6) is 0 Å². The quantitative estimate of drug-likeness (QED) is 0.809. The zero-order valence-electron chi connectivity index (χ0n) is 13.1. The van der Waals surface area contributed by atoms with Crippen LogP contribution in [0.4, 0.5) is 4.79 Å². The normalized spacial score (nSPS) is 16.1. The van der Waals surface area contributed by atoms with Gasteiger partial charge in [0.1, 0.15) is 0 Å². The number of piperidine rings is 1. The molecular weight excluding hydrogens is 296 g/mol. The van der Waals surface area contributed by atoms with Gasteiger partial charge >= 0.3 is 6.09 Å². The summed E-state index contributed by atoms with van der Waals surface area (Å²) in [7, 11) is 0. The van der Waals surface area contributed by atoms with Crippen LogP contribution in [-0.2, 0) is 0 Å². The minimum atomic E-state index is -0.948. The zero-order chi connectivity index (χ0) is 16.7. The molecule has 0 bridgehead atoms. The second-order valence-corrected chi connectivity index (χ2v) is 5.79. The molecule has 126 valence electrons. The van der Waals surface area contributed by atoms with E-state index in [1.54, 1.807) is 18.3 Å². The number of carbonyl (C=O) groups is 1. The molecular formula is C17H24N2O4. The van der Waals surface area contributed by atoms with E-state index in [1.807, 2.05) is 18.2 Å². The van der Waals surface area contributed by atoms with Crippen molar-refractivity contribution >= 4 is 17.0 Å². The summed E-state index contributed by atoms with van der Waals surface area (Å²) in [6.07, 6.45) is 4.79. The van der Waals surface area contributed by atoms with E-state index in [4.69, 9.17) is 15.4 Å². The maximum absolute atomic E-state index is 10.6. The molecule has 3 N–H and O–H groups in total. The predicted octanol–water partition coefficient (Wildman–Crippen LogP) is 3.03. The van der Waals surface area contributed by atoms with E-state index in [0.717, 1.165) is 55.6 Å². The van der Waals surface area contributed by atoms with Crippen molar-refractivity contribution in [2.24, 2.45) is 5.92 Å². The van der Waals surface area contributed by atoms with Crippen LogP contribution in [0, 0.1) is 5.92 Å². The first-order valence-electron chi connectivity index (χ1n) is 7.96. The molecule has 0 amide bonds. The monoisotopic (exact) mass is 320 g/mol. The van der Waals surface area contributed by atoms with E-state index in [9.17, 15) is 4.79 Å². The predicted molar refractivity (Wildman–Crippen MR) is 87.8 cm³/mol. The number of rotatable bonds is 3. The lowest BCUT2D eigenvalue weighted by molar-refractivity contribution is -0.112. The molecule has 0 radical (unpaired) electrons. The number of aromatic nitrogens is 1. The highest BCUT2D eigenvalue weighted by Gasteiger charge is 2.16. The molecule has 0 saturated carbocycles. The summed E-state index contributed by atoms with van der Waals surface area (Å²) in [6.45, 7) is 1.91. The number of aliphatic hydroxyl groups is 1. The summed E-state index contributed by atoms with van der Waals surface area (Å²) in [4.78, 5) is 10.6. The number of aliphatic hydroxyl groups excluding tert-OH is 1. The van der Waals surface area contributed by atoms with Crippen molar-refractivity contribution in [3.05, 3.63) is 36.5 Å². The average molecular weight is 320 g/mol. The summed E-state index contributed by atoms with van der Waals surface area (Å²) >= 11 is 0. The van der Waals surface area contributed by atoms with E-state index in [0.29, 0.717) is 6.61 Å². The molecule has 2 aromatic rings. The number of hydrogen-bond donors (Lipinski definition) is 3. The highest BCUT2D eigenvalue weighted by Crippen LogP contribution is 2.20. The van der Waals surface area contributed by atoms with E-state index >= 15 is 0 Å². The summed E-state index contributed by atoms with van der Waals surface area (Å²) in [5.74, 6) is 0.727. The van der Waals surface area contributed by atoms with Crippen molar-refractivity contribution in [3.8, 4) is 0 Å². The lowest BCUT2D eigenvalue weighted by Crippen LogP contribution is -2.30. The molecule has 6 nitrogen and oxygen atoms in total. The highest BCUT2D eigenvalue weighted by atomic mass is 16.5. The Hall–Kier alpha value is -1.89. The number of fused-ring (bicyclic) bond motifs is 1. The van der Waals surface area contributed by atoms with Gasteiger partial charge in [-0.3, -0.25) is 4.57 Å². The van der Waals surface area contributed by atoms with Gasteiger partial charge in [-0.05, 0) is 43.7 Å². The fraction of sp³-hybridized carbons (Fsp3) is 0.471. The van der Waals surface area contributed by atoms with E-state index in [1.165, 1.54) is 9.63 Å². The molecule has 2 heterocycles. The maximum atomic E-state index is 10.6. The van der Waals surface area contributed by atoms with Gasteiger partial charge in [0.15, 0.2) is 0 Å². The Morgan fingerprint density at radius 3 is 2.52 bits per heavy atom. The van der Waals surface area contributed by atoms with Gasteiger partial charge in [-0.1, -0.05) is 18.2 Å². The molecule has 1 aromatic carbocycles. The van der Waals surface area contributed by atoms with Crippen molar-refractivity contribution in [2.45, 2.75) is 25.7 Å². The molecule has 1 fully saturated rings. The number of hydrogen-bond acceptors (Lipinski definition) is 4. The van der Waals surface area contributed by atoms with Crippen LogP contribution < -0.4 is 0 Å². The van der Waals surface area contributed by atoms with E-state index in [-0.39, 0.29) is 0 Å². The van der Waals surface area contributed by atoms with Crippen LogP contribution >= 0.6 is 0 Å². The molecule has 3 rings (SSSR count). The summed E-state index contributed by atoms with van der Waals surface area (Å²) in [5, 5.41) is 28.7. The lowest BCUT2D eigenvalue weighted by Gasteiger charge is -2.27. The first-order valence-corrected chi connectivity index (χ1v) is 7.96. The van der Waals surface area contributed by atoms with Gasteiger partial charge in [0.2, 0.25) is 0 Å². The average Bonchev–Trinajstić information content (AvgIpc) is 2.99. The Labute approximate surface area is 135 Å². The number of hydroxylamine groups is 2. The van der Waals surface area contributed by atoms with Gasteiger partial charge in [-0.2, -0.15) is 5.06 Å². The van der Waals surface area contributed by atoms with Crippen molar-refractivity contribution in [3.63, 3.8) is 0 Å². The van der Waals surface area contributed by atoms with E-state index < -0.39 is 6.09 Å². The van der Waals surface area contributed by atoms with Gasteiger partial charge in [-0.25, -0.2) is 4.79 Å². The zero-order valence-corrected chi connectivity index (χ0v) is 13.1. The molecule has 0 aliphatic carbocycles. The molecule has 1 aliphatic heterocycles. The SMILES string of the molecule is O=C(O)n1ccc2ccccc21.OCCCC1CCN(O)CC1. The number of benzene rings is 1. The summed E-state index contributed by atoms with van der Waals surface area (Å²) in [5.41, 5.74) is 0.727. The number of para-hydroxylation sites is 1. The smallest absolute Gasteiger partial charge is 0.415 e. The Kier molecular flexibility index (Phi) is 6.58. The van der Waals surface area contributed by atoms with Crippen LogP contribution in [-0.4, -0.2) is 50.8 Å². The molecule has 1 saturated heterocycles. The fourth-order valence-corrected chi connectivity index (χ4v) is 2.84. The third-order valence-electron chi connectivity index (χ3n) is 4.17. The number of carboxylic acid groups (broad SMARTS) is 1. The molecule has 1 aromatic heterocycles. The molecule has 6 heteroatoms. The second kappa shape index (κ2) is 8.67. The standard InChI is InChI=1S/C9H7NO2.C8H17NO2/c11-9(12)10-6-5-7-3-1-2-4-8(7)10;10-7-1-2-8-3-5-9(11)6-4-8/h1-6H,(H,11,12);8,10-11H,1-7H2. The molecule has 0 atom stereocenters. The van der Waals surface area contributed by atoms with Crippen LogP contribution in [0.25, 0.3) is 10.9 Å². The van der Waals surface area contributed by atoms with Crippen LogP contribution in [0.2, 0.25) is 0 Å². The fourth-order valence-electron chi connectivity index (χ4n) is 2.84. The van der Waals surface area contributed by atoms with Gasteiger partial charge in [0.05, 0.1) is 5.52 Å². The largest absolute Gasteiger partial charge is 0.464 e. The molecule has 0 unspecified atom stereocenters. The summed E-state index contributed by atoms with van der Waals surface area (Å²) in [6, 6.07) is 9.15. The van der Waals surface area contributed by atoms with Crippen molar-refractivity contribution in [2.75, 3.05) is 19.7 Å². The van der Waals surface area contributed by atoms with Gasteiger partial charge < -0.3 is 15.4 Å². The third kappa shape index (κ3) is 5.06. The Bertz CT molecular complexity index is 615. The second-order valence-electron chi connectivity index (χ2n) is 5.79. The molecule has 23 heavy (non-hydrogen) atoms. The lowest BCUT2D eigenvalue weighted by atomic mass is 9.93. The topological polar surface area (TPSA) is 85.9 Å².